The fourth-order valence-corrected chi connectivity index (χ4v) is 8.99. The summed E-state index contributed by atoms with van der Waals surface area (Å²) in [5.74, 6) is -0.338. The van der Waals surface area contributed by atoms with Crippen LogP contribution in [0.1, 0.15) is 226 Å². The molecular formula is C47H92NO11P. The predicted molar refractivity (Wildman–Crippen MR) is 241 cm³/mol. The summed E-state index contributed by atoms with van der Waals surface area (Å²) in [7, 11) is -5.07. The Balaban J connectivity index is 2.34. The van der Waals surface area contributed by atoms with Crippen molar-refractivity contribution >= 4 is 13.7 Å². The highest BCUT2D eigenvalue weighted by atomic mass is 31.2. The number of carbonyl (C=O) groups is 1. The Hall–Kier alpha value is -0.920. The third kappa shape index (κ3) is 28.7. The fraction of sp³-hybridized carbons (Fsp3) is 0.936. The summed E-state index contributed by atoms with van der Waals surface area (Å²) in [6, 6.07) is -1.11. The van der Waals surface area contributed by atoms with Crippen LogP contribution in [0.5, 0.6) is 0 Å². The van der Waals surface area contributed by atoms with Crippen LogP contribution in [0, 0.1) is 0 Å². The Labute approximate surface area is 365 Å². The maximum atomic E-state index is 12.9. The Morgan fingerprint density at radius 3 is 1.27 bits per heavy atom. The van der Waals surface area contributed by atoms with E-state index in [1.54, 1.807) is 0 Å². The first-order valence-electron chi connectivity index (χ1n) is 24.6. The molecule has 0 spiro atoms. The van der Waals surface area contributed by atoms with Gasteiger partial charge in [-0.3, -0.25) is 13.8 Å². The number of unbranched alkanes of at least 4 members (excludes halogenated alkanes) is 30. The van der Waals surface area contributed by atoms with Crippen molar-refractivity contribution in [2.24, 2.45) is 0 Å². The number of hydrogen-bond acceptors (Lipinski definition) is 10. The zero-order chi connectivity index (χ0) is 44.3. The number of carbonyl (C=O) groups excluding carboxylic acids is 1. The van der Waals surface area contributed by atoms with E-state index in [2.05, 4.69) is 19.2 Å². The number of allylic oxidation sites excluding steroid dienone is 1. The average molecular weight is 878 g/mol. The summed E-state index contributed by atoms with van der Waals surface area (Å²) in [6.45, 7) is 3.83. The van der Waals surface area contributed by atoms with Crippen molar-refractivity contribution in [2.45, 2.75) is 275 Å². The lowest BCUT2D eigenvalue weighted by atomic mass is 9.85. The molecule has 1 aliphatic rings. The molecule has 12 nitrogen and oxygen atoms in total. The van der Waals surface area contributed by atoms with Gasteiger partial charge in [0.05, 0.1) is 18.8 Å². The Morgan fingerprint density at radius 1 is 0.550 bits per heavy atom. The standard InChI is InChI=1S/C47H92NO11P/c1-3-5-7-9-11-13-15-16-17-18-19-20-21-22-23-24-25-26-27-29-31-33-35-37-41(50)48-39(40(49)36-34-32-30-28-14-12-10-8-6-4-2)38-58-60(56,57)59-47-45(54)43(52)42(51)44(53)46(47)55/h34,36,39-40,42-47,49,51-55H,3-33,35,37-38H2,1-2H3,(H,48,50)(H,56,57)/b36-34+/t39-,40+,42?,43+,44?,45?,46?,47?/m0/s1. The lowest BCUT2D eigenvalue weighted by Crippen LogP contribution is -2.64. The van der Waals surface area contributed by atoms with Crippen LogP contribution < -0.4 is 5.32 Å². The predicted octanol–water partition coefficient (Wildman–Crippen LogP) is 9.62. The van der Waals surface area contributed by atoms with Gasteiger partial charge >= 0.3 is 7.82 Å². The molecule has 0 aromatic heterocycles. The van der Waals surface area contributed by atoms with E-state index in [9.17, 15) is 44.9 Å². The molecule has 0 aromatic carbocycles. The van der Waals surface area contributed by atoms with E-state index in [0.717, 1.165) is 44.9 Å². The van der Waals surface area contributed by atoms with Gasteiger partial charge in [-0.15, -0.1) is 0 Å². The van der Waals surface area contributed by atoms with Gasteiger partial charge in [0.15, 0.2) is 0 Å². The SMILES string of the molecule is CCCCCCCCCC/C=C/[C@@H](O)[C@H](COP(=O)(O)OC1C(O)C(O)C(O)[C@@H](O)C1O)NC(=O)CCCCCCCCCCCCCCCCCCCCCCCCC. The van der Waals surface area contributed by atoms with E-state index in [-0.39, 0.29) is 12.3 Å². The van der Waals surface area contributed by atoms with Crippen LogP contribution in [0.25, 0.3) is 0 Å². The molecule has 0 heterocycles. The monoisotopic (exact) mass is 878 g/mol. The molecular weight excluding hydrogens is 785 g/mol. The van der Waals surface area contributed by atoms with Crippen LogP contribution in [0.2, 0.25) is 0 Å². The van der Waals surface area contributed by atoms with Crippen molar-refractivity contribution in [3.63, 3.8) is 0 Å². The summed E-state index contributed by atoms with van der Waals surface area (Å²) < 4.78 is 22.9. The molecule has 9 atom stereocenters. The lowest BCUT2D eigenvalue weighted by Gasteiger charge is -2.41. The minimum Gasteiger partial charge on any atom is -0.387 e. The number of amides is 1. The number of rotatable bonds is 41. The molecule has 356 valence electrons. The molecule has 1 amide bonds. The van der Waals surface area contributed by atoms with Gasteiger partial charge in [-0.25, -0.2) is 4.57 Å². The molecule has 1 fully saturated rings. The number of phosphoric ester groups is 1. The summed E-state index contributed by atoms with van der Waals surface area (Å²) in [6.07, 6.45) is 30.2. The maximum absolute atomic E-state index is 12.9. The second-order valence-electron chi connectivity index (χ2n) is 17.7. The van der Waals surface area contributed by atoms with Gasteiger partial charge in [0.25, 0.3) is 0 Å². The number of aliphatic hydroxyl groups is 6. The van der Waals surface area contributed by atoms with E-state index in [0.29, 0.717) is 6.42 Å². The first-order chi connectivity index (χ1) is 28.9. The largest absolute Gasteiger partial charge is 0.472 e. The van der Waals surface area contributed by atoms with Crippen LogP contribution in [0.3, 0.4) is 0 Å². The van der Waals surface area contributed by atoms with Crippen molar-refractivity contribution < 1.29 is 53.9 Å². The van der Waals surface area contributed by atoms with Gasteiger partial charge in [0, 0.05) is 6.42 Å². The average Bonchev–Trinajstić information content (AvgIpc) is 3.23. The van der Waals surface area contributed by atoms with Crippen LogP contribution in [-0.4, -0.2) is 96.8 Å². The molecule has 0 radical (unpaired) electrons. The zero-order valence-electron chi connectivity index (χ0n) is 38.0. The molecule has 8 N–H and O–H groups in total. The van der Waals surface area contributed by atoms with E-state index < -0.39 is 63.2 Å². The van der Waals surface area contributed by atoms with E-state index in [1.807, 2.05) is 6.08 Å². The van der Waals surface area contributed by atoms with Crippen LogP contribution in [0.15, 0.2) is 12.2 Å². The first-order valence-corrected chi connectivity index (χ1v) is 26.1. The third-order valence-corrected chi connectivity index (χ3v) is 13.1. The summed E-state index contributed by atoms with van der Waals surface area (Å²) in [4.78, 5) is 23.4. The van der Waals surface area contributed by atoms with Gasteiger partial charge in [-0.05, 0) is 19.3 Å². The summed E-state index contributed by atoms with van der Waals surface area (Å²) in [5.41, 5.74) is 0. The summed E-state index contributed by atoms with van der Waals surface area (Å²) in [5, 5.41) is 63.9. The normalized spacial score (nSPS) is 22.9. The Bertz CT molecular complexity index is 1070. The molecule has 60 heavy (non-hydrogen) atoms. The molecule has 0 saturated heterocycles. The second-order valence-corrected chi connectivity index (χ2v) is 19.1. The molecule has 6 unspecified atom stereocenters. The van der Waals surface area contributed by atoms with Crippen molar-refractivity contribution in [1.29, 1.82) is 0 Å². The van der Waals surface area contributed by atoms with Crippen LogP contribution in [-0.2, 0) is 18.4 Å². The highest BCUT2D eigenvalue weighted by Crippen LogP contribution is 2.47. The molecule has 0 bridgehead atoms. The van der Waals surface area contributed by atoms with Gasteiger partial charge in [0.1, 0.15) is 36.6 Å². The van der Waals surface area contributed by atoms with Gasteiger partial charge in [0.2, 0.25) is 5.91 Å². The van der Waals surface area contributed by atoms with E-state index in [1.165, 1.54) is 160 Å². The van der Waals surface area contributed by atoms with Crippen molar-refractivity contribution in [2.75, 3.05) is 6.61 Å². The second kappa shape index (κ2) is 37.5. The van der Waals surface area contributed by atoms with Gasteiger partial charge < -0.3 is 40.8 Å². The van der Waals surface area contributed by atoms with Crippen molar-refractivity contribution in [3.8, 4) is 0 Å². The minimum absolute atomic E-state index is 0.218. The van der Waals surface area contributed by atoms with E-state index in [4.69, 9.17) is 9.05 Å². The number of aliphatic hydroxyl groups excluding tert-OH is 6. The number of phosphoric acid groups is 1. The van der Waals surface area contributed by atoms with Crippen LogP contribution >= 0.6 is 7.82 Å². The van der Waals surface area contributed by atoms with Crippen molar-refractivity contribution in [1.82, 2.24) is 5.32 Å². The molecule has 13 heteroatoms. The highest BCUT2D eigenvalue weighted by Gasteiger charge is 2.51. The molecule has 1 aliphatic carbocycles. The third-order valence-electron chi connectivity index (χ3n) is 12.1. The first kappa shape index (κ1) is 57.1. The minimum atomic E-state index is -5.07. The Morgan fingerprint density at radius 2 is 0.883 bits per heavy atom. The fourth-order valence-electron chi connectivity index (χ4n) is 8.02. The number of nitrogens with one attached hydrogen (secondary N) is 1. The lowest BCUT2D eigenvalue weighted by molar-refractivity contribution is -0.220. The summed E-state index contributed by atoms with van der Waals surface area (Å²) >= 11 is 0. The molecule has 0 aromatic rings. The van der Waals surface area contributed by atoms with Gasteiger partial charge in [-0.2, -0.15) is 0 Å². The van der Waals surface area contributed by atoms with Crippen LogP contribution in [0.4, 0.5) is 0 Å². The maximum Gasteiger partial charge on any atom is 0.472 e. The molecule has 1 rings (SSSR count). The number of hydrogen-bond donors (Lipinski definition) is 8. The smallest absolute Gasteiger partial charge is 0.387 e. The molecule has 1 saturated carbocycles. The highest BCUT2D eigenvalue weighted by molar-refractivity contribution is 7.47. The molecule has 0 aliphatic heterocycles. The quantitative estimate of drug-likeness (QED) is 0.0165. The van der Waals surface area contributed by atoms with E-state index >= 15 is 0 Å². The topological polar surface area (TPSA) is 206 Å². The Kier molecular flexibility index (Phi) is 35.6. The van der Waals surface area contributed by atoms with Crippen molar-refractivity contribution in [3.05, 3.63) is 12.2 Å². The van der Waals surface area contributed by atoms with Gasteiger partial charge in [-0.1, -0.05) is 212 Å². The zero-order valence-corrected chi connectivity index (χ0v) is 38.9.